The van der Waals surface area contributed by atoms with Gasteiger partial charge in [0.05, 0.1) is 17.8 Å². The molecule has 0 aliphatic carbocycles. The summed E-state index contributed by atoms with van der Waals surface area (Å²) in [4.78, 5) is 16.4. The zero-order valence-corrected chi connectivity index (χ0v) is 22.9. The third kappa shape index (κ3) is 5.54. The Kier molecular flexibility index (Phi) is 7.83. The normalized spacial score (nSPS) is 11.3. The van der Waals surface area contributed by atoms with Crippen LogP contribution in [0.4, 0.5) is 17.2 Å². The maximum absolute atomic E-state index is 5.82. The summed E-state index contributed by atoms with van der Waals surface area (Å²) in [6.07, 6.45) is 6.86. The van der Waals surface area contributed by atoms with Gasteiger partial charge in [-0.25, -0.2) is 29.3 Å². The van der Waals surface area contributed by atoms with Crippen molar-refractivity contribution in [2.75, 3.05) is 17.2 Å². The topological polar surface area (TPSA) is 196 Å². The Hall–Kier alpha value is -4.88. The number of nitrogens with zero attached hydrogens (tertiary/aromatic N) is 11. The number of aromatic nitrogens is 11. The number of hydrogen-bond donors (Lipinski definition) is 3. The monoisotopic (exact) mass is 530 g/mol. The van der Waals surface area contributed by atoms with Gasteiger partial charge in [0, 0.05) is 35.7 Å². The summed E-state index contributed by atoms with van der Waals surface area (Å²) in [7, 11) is 0. The Labute approximate surface area is 225 Å². The van der Waals surface area contributed by atoms with Gasteiger partial charge in [0.1, 0.15) is 12.0 Å². The maximum Gasteiger partial charge on any atom is 0.184 e. The van der Waals surface area contributed by atoms with E-state index in [1.807, 2.05) is 46.0 Å². The van der Waals surface area contributed by atoms with Crippen molar-refractivity contribution in [1.29, 1.82) is 0 Å². The molecule has 0 radical (unpaired) electrons. The summed E-state index contributed by atoms with van der Waals surface area (Å²) in [5.74, 6) is 0.372. The van der Waals surface area contributed by atoms with Crippen LogP contribution in [0.3, 0.4) is 0 Å². The number of rotatable bonds is 3. The van der Waals surface area contributed by atoms with E-state index in [4.69, 9.17) is 17.2 Å². The van der Waals surface area contributed by atoms with Crippen molar-refractivity contribution < 1.29 is 0 Å². The number of nitrogen functional groups attached to an aromatic ring is 3. The Balaban J connectivity index is 0.000000136. The molecule has 0 saturated heterocycles. The van der Waals surface area contributed by atoms with Crippen LogP contribution in [-0.2, 0) is 0 Å². The fourth-order valence-corrected chi connectivity index (χ4v) is 3.84. The molecule has 204 valence electrons. The Bertz CT molecular complexity index is 1490. The maximum atomic E-state index is 5.82. The molecule has 0 aromatic carbocycles. The molecule has 14 nitrogen and oxygen atoms in total. The number of nitrogens with two attached hydrogens (primary N) is 3. The molecule has 6 aromatic heterocycles. The Morgan fingerprint density at radius 2 is 1.18 bits per heavy atom. The minimum absolute atomic E-state index is 0.222. The molecular weight excluding hydrogens is 496 g/mol. The van der Waals surface area contributed by atoms with E-state index in [9.17, 15) is 0 Å². The first-order valence-corrected chi connectivity index (χ1v) is 12.6. The predicted molar refractivity (Wildman–Crippen MR) is 153 cm³/mol. The number of fused-ring (bicyclic) bond motifs is 3. The molecule has 0 aliphatic heterocycles. The molecule has 6 aromatic rings. The van der Waals surface area contributed by atoms with Gasteiger partial charge in [-0.1, -0.05) is 10.4 Å². The average molecular weight is 531 g/mol. The third-order valence-corrected chi connectivity index (χ3v) is 5.87. The van der Waals surface area contributed by atoms with E-state index in [0.717, 1.165) is 22.4 Å². The van der Waals surface area contributed by atoms with E-state index >= 15 is 0 Å². The highest BCUT2D eigenvalue weighted by Crippen LogP contribution is 2.22. The van der Waals surface area contributed by atoms with E-state index in [-0.39, 0.29) is 12.1 Å². The lowest BCUT2D eigenvalue weighted by Gasteiger charge is -2.07. The molecule has 0 unspecified atom stereocenters. The minimum Gasteiger partial charge on any atom is -0.398 e. The molecule has 6 heterocycles. The molecule has 0 spiro atoms. The van der Waals surface area contributed by atoms with Crippen LogP contribution in [0.25, 0.3) is 33.4 Å². The molecule has 39 heavy (non-hydrogen) atoms. The average Bonchev–Trinajstić information content (AvgIpc) is 3.63. The largest absolute Gasteiger partial charge is 0.398 e. The summed E-state index contributed by atoms with van der Waals surface area (Å²) in [6, 6.07) is 6.46. The van der Waals surface area contributed by atoms with Gasteiger partial charge in [0.2, 0.25) is 0 Å². The predicted octanol–water partition coefficient (Wildman–Crippen LogP) is 3.57. The summed E-state index contributed by atoms with van der Waals surface area (Å²) in [6.45, 7) is 12.3. The van der Waals surface area contributed by atoms with Crippen molar-refractivity contribution in [2.45, 2.75) is 59.7 Å². The first-order chi connectivity index (χ1) is 18.6. The van der Waals surface area contributed by atoms with Gasteiger partial charge in [-0.3, -0.25) is 0 Å². The minimum atomic E-state index is 0.222. The third-order valence-electron chi connectivity index (χ3n) is 5.87. The summed E-state index contributed by atoms with van der Waals surface area (Å²) in [5, 5.41) is 16.8. The highest BCUT2D eigenvalue weighted by molar-refractivity contribution is 5.88. The quantitative estimate of drug-likeness (QED) is 0.302. The fraction of sp³-hybridized carbons (Fsp3) is 0.360. The van der Waals surface area contributed by atoms with Gasteiger partial charge in [-0.05, 0) is 59.7 Å². The second-order valence-corrected chi connectivity index (χ2v) is 9.71. The van der Waals surface area contributed by atoms with E-state index in [1.54, 1.807) is 27.8 Å². The zero-order chi connectivity index (χ0) is 28.3. The van der Waals surface area contributed by atoms with Gasteiger partial charge >= 0.3 is 0 Å². The van der Waals surface area contributed by atoms with Gasteiger partial charge < -0.3 is 21.8 Å². The number of anilines is 3. The molecule has 14 heteroatoms. The van der Waals surface area contributed by atoms with E-state index in [0.29, 0.717) is 34.2 Å². The smallest absolute Gasteiger partial charge is 0.184 e. The van der Waals surface area contributed by atoms with Crippen LogP contribution in [0, 0.1) is 0 Å². The second-order valence-electron chi connectivity index (χ2n) is 9.71. The van der Waals surface area contributed by atoms with Crippen LogP contribution in [0.15, 0.2) is 43.1 Å². The molecule has 0 amide bonds. The zero-order valence-electron chi connectivity index (χ0n) is 22.9. The van der Waals surface area contributed by atoms with Crippen LogP contribution in [0.1, 0.15) is 59.7 Å². The summed E-state index contributed by atoms with van der Waals surface area (Å²) < 4.78 is 5.59. The summed E-state index contributed by atoms with van der Waals surface area (Å²) in [5.41, 5.74) is 22.2. The van der Waals surface area contributed by atoms with Crippen LogP contribution >= 0.6 is 0 Å². The SMILES string of the molecule is CC(C)n1ccc2c(N)ccnc21.CC(C)n1nnc2c(N)ccnc21.CC(C)n1nnc2c(N)ncnc21. The van der Waals surface area contributed by atoms with Crippen molar-refractivity contribution >= 4 is 50.6 Å². The van der Waals surface area contributed by atoms with Crippen molar-refractivity contribution in [3.63, 3.8) is 0 Å². The molecule has 6 rings (SSSR count). The lowest BCUT2D eigenvalue weighted by Crippen LogP contribution is -2.04. The first kappa shape index (κ1) is 27.2. The number of hydrogen-bond acceptors (Lipinski definition) is 11. The molecule has 0 atom stereocenters. The molecule has 6 N–H and O–H groups in total. The number of pyridine rings is 2. The molecule has 0 saturated carbocycles. The van der Waals surface area contributed by atoms with Crippen molar-refractivity contribution in [3.05, 3.63) is 43.1 Å². The lowest BCUT2D eigenvalue weighted by atomic mass is 10.3. The van der Waals surface area contributed by atoms with E-state index < -0.39 is 0 Å². The molecule has 0 fully saturated rings. The standard InChI is InChI=1S/C10H13N3.C8H11N5.C7H10N6/c1-7(2)13-6-4-8-9(11)3-5-12-10(8)13;1-5(2)13-8-7(11-12-13)6(9)3-4-10-8;1-4(2)13-7-5(11-12-13)6(8)9-3-10-7/h3-7H,1-2H3,(H2,11,12);3-5H,1-2H3,(H2,9,10);3-4H,1-2H3,(H2,8,9,10). The van der Waals surface area contributed by atoms with Gasteiger partial charge in [-0.15, -0.1) is 10.2 Å². The first-order valence-electron chi connectivity index (χ1n) is 12.6. The van der Waals surface area contributed by atoms with Crippen LogP contribution < -0.4 is 17.2 Å². The van der Waals surface area contributed by atoms with Crippen molar-refractivity contribution in [2.24, 2.45) is 0 Å². The Morgan fingerprint density at radius 3 is 1.79 bits per heavy atom. The van der Waals surface area contributed by atoms with Gasteiger partial charge in [0.15, 0.2) is 28.1 Å². The summed E-state index contributed by atoms with van der Waals surface area (Å²) >= 11 is 0. The Morgan fingerprint density at radius 1 is 0.615 bits per heavy atom. The second kappa shape index (κ2) is 11.2. The highest BCUT2D eigenvalue weighted by Gasteiger charge is 2.11. The van der Waals surface area contributed by atoms with Crippen LogP contribution in [-0.4, -0.2) is 54.5 Å². The lowest BCUT2D eigenvalue weighted by molar-refractivity contribution is 0.526. The van der Waals surface area contributed by atoms with E-state index in [2.05, 4.69) is 59.0 Å². The van der Waals surface area contributed by atoms with Gasteiger partial charge in [0.25, 0.3) is 0 Å². The van der Waals surface area contributed by atoms with E-state index in [1.165, 1.54) is 6.33 Å². The van der Waals surface area contributed by atoms with Crippen molar-refractivity contribution in [1.82, 2.24) is 54.5 Å². The van der Waals surface area contributed by atoms with Gasteiger partial charge in [-0.2, -0.15) is 0 Å². The van der Waals surface area contributed by atoms with Crippen LogP contribution in [0.5, 0.6) is 0 Å². The fourth-order valence-electron chi connectivity index (χ4n) is 3.84. The van der Waals surface area contributed by atoms with Crippen LogP contribution in [0.2, 0.25) is 0 Å². The molecule has 0 bridgehead atoms. The molecular formula is C25H34N14. The van der Waals surface area contributed by atoms with Crippen molar-refractivity contribution in [3.8, 4) is 0 Å². The highest BCUT2D eigenvalue weighted by atomic mass is 15.5. The molecule has 0 aliphatic rings.